The van der Waals surface area contributed by atoms with Crippen molar-refractivity contribution in [2.45, 2.75) is 44.6 Å². The van der Waals surface area contributed by atoms with Gasteiger partial charge in [0, 0.05) is 24.0 Å². The van der Waals surface area contributed by atoms with Crippen LogP contribution in [-0.2, 0) is 19.6 Å². The first-order valence-corrected chi connectivity index (χ1v) is 13.3. The number of hydrogen-bond donors (Lipinski definition) is 2. The molecule has 2 aromatic carbocycles. The van der Waals surface area contributed by atoms with E-state index in [4.69, 9.17) is 23.2 Å². The van der Waals surface area contributed by atoms with E-state index in [1.165, 1.54) is 10.4 Å². The Morgan fingerprint density at radius 3 is 2.21 bits per heavy atom. The summed E-state index contributed by atoms with van der Waals surface area (Å²) in [6, 6.07) is 10.7. The van der Waals surface area contributed by atoms with Gasteiger partial charge in [-0.15, -0.1) is 0 Å². The number of sulfonamides is 1. The maximum absolute atomic E-state index is 12.9. The maximum atomic E-state index is 12.9. The van der Waals surface area contributed by atoms with Gasteiger partial charge in [-0.1, -0.05) is 54.7 Å². The fraction of sp³-hybridized carbons (Fsp3) is 0.417. The van der Waals surface area contributed by atoms with E-state index in [0.717, 1.165) is 5.56 Å². The van der Waals surface area contributed by atoms with Crippen LogP contribution >= 0.6 is 23.2 Å². The first kappa shape index (κ1) is 26.5. The number of amides is 2. The van der Waals surface area contributed by atoms with Crippen molar-refractivity contribution in [3.63, 3.8) is 0 Å². The van der Waals surface area contributed by atoms with Gasteiger partial charge in [0.25, 0.3) is 0 Å². The van der Waals surface area contributed by atoms with Crippen LogP contribution in [-0.4, -0.2) is 43.7 Å². The van der Waals surface area contributed by atoms with E-state index in [0.29, 0.717) is 28.6 Å². The Hall–Kier alpha value is -2.13. The van der Waals surface area contributed by atoms with Crippen molar-refractivity contribution in [2.75, 3.05) is 18.4 Å². The van der Waals surface area contributed by atoms with Crippen LogP contribution in [0.1, 0.15) is 32.3 Å². The van der Waals surface area contributed by atoms with Crippen LogP contribution in [0.2, 0.25) is 10.0 Å². The van der Waals surface area contributed by atoms with Crippen molar-refractivity contribution < 1.29 is 18.0 Å². The molecule has 1 aliphatic heterocycles. The molecular weight excluding hydrogens is 497 g/mol. The summed E-state index contributed by atoms with van der Waals surface area (Å²) in [5.41, 5.74) is 1.39. The zero-order chi connectivity index (χ0) is 25.0. The summed E-state index contributed by atoms with van der Waals surface area (Å²) in [4.78, 5) is 26.1. The van der Waals surface area contributed by atoms with E-state index in [1.807, 2.05) is 20.8 Å². The highest BCUT2D eigenvalue weighted by Crippen LogP contribution is 2.27. The molecule has 1 fully saturated rings. The Balaban J connectivity index is 1.61. The molecule has 0 bridgehead atoms. The molecule has 34 heavy (non-hydrogen) atoms. The quantitative estimate of drug-likeness (QED) is 0.556. The fourth-order valence-electron chi connectivity index (χ4n) is 3.83. The standard InChI is InChI=1S/C24H29Cl2N3O4S/c1-15(2)22(24(31)27-21-9-6-18(25)14-20(21)26)28-23(30)17-10-12-29(13-11-17)34(32,33)19-7-4-16(3)5-8-19/h4-9,14-15,17,22H,10-13H2,1-3H3,(H,27,31)(H,28,30)/t22-/m1/s1. The lowest BCUT2D eigenvalue weighted by atomic mass is 9.95. The monoisotopic (exact) mass is 525 g/mol. The number of carbonyl (C=O) groups excluding carboxylic acids is 2. The third-order valence-electron chi connectivity index (χ3n) is 5.92. The van der Waals surface area contributed by atoms with E-state index >= 15 is 0 Å². The van der Waals surface area contributed by atoms with Gasteiger partial charge in [-0.3, -0.25) is 9.59 Å². The van der Waals surface area contributed by atoms with Gasteiger partial charge in [0.1, 0.15) is 6.04 Å². The van der Waals surface area contributed by atoms with Crippen LogP contribution in [0, 0.1) is 18.8 Å². The average molecular weight is 526 g/mol. The van der Waals surface area contributed by atoms with Crippen LogP contribution in [0.25, 0.3) is 0 Å². The van der Waals surface area contributed by atoms with Crippen molar-refractivity contribution in [1.29, 1.82) is 0 Å². The van der Waals surface area contributed by atoms with Crippen molar-refractivity contribution in [3.05, 3.63) is 58.1 Å². The third kappa shape index (κ3) is 6.30. The number of hydrogen-bond acceptors (Lipinski definition) is 4. The second-order valence-electron chi connectivity index (χ2n) is 8.84. The first-order chi connectivity index (χ1) is 16.0. The lowest BCUT2D eigenvalue weighted by Gasteiger charge is -2.32. The van der Waals surface area contributed by atoms with E-state index in [1.54, 1.807) is 36.4 Å². The van der Waals surface area contributed by atoms with Gasteiger partial charge in [0.15, 0.2) is 0 Å². The highest BCUT2D eigenvalue weighted by molar-refractivity contribution is 7.89. The molecule has 0 radical (unpaired) electrons. The van der Waals surface area contributed by atoms with Crippen molar-refractivity contribution in [2.24, 2.45) is 11.8 Å². The van der Waals surface area contributed by atoms with Gasteiger partial charge >= 0.3 is 0 Å². The van der Waals surface area contributed by atoms with Crippen LogP contribution in [0.3, 0.4) is 0 Å². The molecule has 2 aromatic rings. The van der Waals surface area contributed by atoms with Crippen LogP contribution in [0.5, 0.6) is 0 Å². The normalized spacial score (nSPS) is 16.3. The average Bonchev–Trinajstić information content (AvgIpc) is 2.79. The third-order valence-corrected chi connectivity index (χ3v) is 8.38. The largest absolute Gasteiger partial charge is 0.344 e. The molecule has 1 heterocycles. The molecule has 1 atom stereocenters. The summed E-state index contributed by atoms with van der Waals surface area (Å²) in [5, 5.41) is 6.34. The lowest BCUT2D eigenvalue weighted by molar-refractivity contribution is -0.130. The van der Waals surface area contributed by atoms with Gasteiger partial charge in [-0.2, -0.15) is 4.31 Å². The molecule has 0 spiro atoms. The Labute approximate surface area is 210 Å². The highest BCUT2D eigenvalue weighted by Gasteiger charge is 2.34. The minimum Gasteiger partial charge on any atom is -0.344 e. The number of aryl methyl sites for hydroxylation is 1. The number of rotatable bonds is 7. The number of anilines is 1. The molecule has 10 heteroatoms. The maximum Gasteiger partial charge on any atom is 0.247 e. The lowest BCUT2D eigenvalue weighted by Crippen LogP contribution is -2.50. The molecule has 3 rings (SSSR count). The summed E-state index contributed by atoms with van der Waals surface area (Å²) in [6.45, 7) is 6.06. The smallest absolute Gasteiger partial charge is 0.247 e. The second-order valence-corrected chi connectivity index (χ2v) is 11.6. The predicted octanol–water partition coefficient (Wildman–Crippen LogP) is 4.48. The summed E-state index contributed by atoms with van der Waals surface area (Å²) in [6.07, 6.45) is 0.763. The Morgan fingerprint density at radius 2 is 1.65 bits per heavy atom. The molecule has 2 amide bonds. The van der Waals surface area contributed by atoms with Gasteiger partial charge < -0.3 is 10.6 Å². The summed E-state index contributed by atoms with van der Waals surface area (Å²) >= 11 is 12.1. The van der Waals surface area contributed by atoms with Gasteiger partial charge in [0.2, 0.25) is 21.8 Å². The van der Waals surface area contributed by atoms with Crippen LogP contribution in [0.4, 0.5) is 5.69 Å². The number of carbonyl (C=O) groups is 2. The van der Waals surface area contributed by atoms with E-state index in [2.05, 4.69) is 10.6 Å². The summed E-state index contributed by atoms with van der Waals surface area (Å²) in [5.74, 6) is -1.19. The van der Waals surface area contributed by atoms with Crippen LogP contribution in [0.15, 0.2) is 47.4 Å². The molecule has 7 nitrogen and oxygen atoms in total. The molecule has 1 saturated heterocycles. The van der Waals surface area contributed by atoms with Crippen LogP contribution < -0.4 is 10.6 Å². The molecular formula is C24H29Cl2N3O4S. The molecule has 184 valence electrons. The van der Waals surface area contributed by atoms with Gasteiger partial charge in [-0.25, -0.2) is 8.42 Å². The number of halogens is 2. The molecule has 0 aliphatic carbocycles. The summed E-state index contributed by atoms with van der Waals surface area (Å²) in [7, 11) is -3.60. The minimum absolute atomic E-state index is 0.169. The Kier molecular flexibility index (Phi) is 8.62. The number of benzene rings is 2. The Bertz CT molecular complexity index is 1150. The number of nitrogens with one attached hydrogen (secondary N) is 2. The zero-order valence-electron chi connectivity index (χ0n) is 19.3. The topological polar surface area (TPSA) is 95.6 Å². The SMILES string of the molecule is Cc1ccc(S(=O)(=O)N2CCC(C(=O)N[C@@H](C(=O)Nc3ccc(Cl)cc3Cl)C(C)C)CC2)cc1. The van der Waals surface area contributed by atoms with Gasteiger partial charge in [-0.05, 0) is 56.0 Å². The molecule has 1 aliphatic rings. The molecule has 0 saturated carbocycles. The molecule has 0 unspecified atom stereocenters. The van der Waals surface area contributed by atoms with Crippen molar-refractivity contribution in [3.8, 4) is 0 Å². The van der Waals surface area contributed by atoms with E-state index < -0.39 is 16.1 Å². The fourth-order valence-corrected chi connectivity index (χ4v) is 5.75. The minimum atomic E-state index is -3.60. The Morgan fingerprint density at radius 1 is 1.03 bits per heavy atom. The predicted molar refractivity (Wildman–Crippen MR) is 135 cm³/mol. The van der Waals surface area contributed by atoms with Crippen molar-refractivity contribution >= 4 is 50.7 Å². The molecule has 2 N–H and O–H groups in total. The number of nitrogens with zero attached hydrogens (tertiary/aromatic N) is 1. The summed E-state index contributed by atoms with van der Waals surface area (Å²) < 4.78 is 27.2. The highest BCUT2D eigenvalue weighted by atomic mass is 35.5. The van der Waals surface area contributed by atoms with Gasteiger partial charge in [0.05, 0.1) is 15.6 Å². The zero-order valence-corrected chi connectivity index (χ0v) is 21.7. The van der Waals surface area contributed by atoms with E-state index in [9.17, 15) is 18.0 Å². The number of piperidine rings is 1. The second kappa shape index (κ2) is 11.1. The van der Waals surface area contributed by atoms with E-state index in [-0.39, 0.29) is 41.6 Å². The van der Waals surface area contributed by atoms with Crippen molar-refractivity contribution in [1.82, 2.24) is 9.62 Å². The first-order valence-electron chi connectivity index (χ1n) is 11.1. The molecule has 0 aromatic heterocycles.